The minimum atomic E-state index is 0.553. The smallest absolute Gasteiger partial charge is 0.111 e. The Balaban J connectivity index is 1.98. The predicted molar refractivity (Wildman–Crippen MR) is 85.0 cm³/mol. The summed E-state index contributed by atoms with van der Waals surface area (Å²) in [7, 11) is 0. The van der Waals surface area contributed by atoms with Gasteiger partial charge in [0.1, 0.15) is 11.3 Å². The van der Waals surface area contributed by atoms with Crippen molar-refractivity contribution in [3.63, 3.8) is 0 Å². The molecule has 0 bridgehead atoms. The highest BCUT2D eigenvalue weighted by molar-refractivity contribution is 7.07. The highest BCUT2D eigenvalue weighted by Gasteiger charge is 2.12. The van der Waals surface area contributed by atoms with Gasteiger partial charge in [0.2, 0.25) is 0 Å². The number of rotatable bonds is 5. The minimum Gasteiger partial charge on any atom is -0.328 e. The first-order valence-electron chi connectivity index (χ1n) is 6.36. The summed E-state index contributed by atoms with van der Waals surface area (Å²) in [6, 6.07) is 5.87. The van der Waals surface area contributed by atoms with Crippen molar-refractivity contribution >= 4 is 45.6 Å². The molecule has 3 aromatic rings. The van der Waals surface area contributed by atoms with Gasteiger partial charge in [0, 0.05) is 30.6 Å². The second kappa shape index (κ2) is 6.12. The molecule has 0 fully saturated rings. The molecule has 3 nitrogen and oxygen atoms in total. The molecule has 0 N–H and O–H groups in total. The second-order valence-electron chi connectivity index (χ2n) is 4.46. The van der Waals surface area contributed by atoms with Crippen LogP contribution in [0.5, 0.6) is 0 Å². The molecule has 0 aliphatic rings. The molecule has 3 rings (SSSR count). The van der Waals surface area contributed by atoms with E-state index in [0.29, 0.717) is 10.9 Å². The fourth-order valence-corrected chi connectivity index (χ4v) is 3.25. The standard InChI is InChI=1S/C14H13Cl2N3S/c15-6-4-13-18-14-11(16)2-1-3-12(14)19(13)7-5-10-8-20-9-17-10/h1-3,8-9H,4-7H2. The summed E-state index contributed by atoms with van der Waals surface area (Å²) in [5.41, 5.74) is 4.88. The monoisotopic (exact) mass is 325 g/mol. The van der Waals surface area contributed by atoms with Crippen molar-refractivity contribution in [1.29, 1.82) is 0 Å². The number of imidazole rings is 1. The van der Waals surface area contributed by atoms with E-state index in [0.717, 1.165) is 41.9 Å². The highest BCUT2D eigenvalue weighted by Crippen LogP contribution is 2.24. The average Bonchev–Trinajstić information content (AvgIpc) is 3.05. The van der Waals surface area contributed by atoms with Gasteiger partial charge in [0.15, 0.2) is 0 Å². The Morgan fingerprint density at radius 1 is 1.25 bits per heavy atom. The van der Waals surface area contributed by atoms with Crippen LogP contribution in [0.25, 0.3) is 11.0 Å². The third kappa shape index (κ3) is 2.68. The van der Waals surface area contributed by atoms with Crippen LogP contribution in [0.2, 0.25) is 5.02 Å². The maximum absolute atomic E-state index is 6.22. The van der Waals surface area contributed by atoms with E-state index in [-0.39, 0.29) is 0 Å². The van der Waals surface area contributed by atoms with Gasteiger partial charge in [0.05, 0.1) is 21.7 Å². The van der Waals surface area contributed by atoms with E-state index >= 15 is 0 Å². The number of nitrogens with zero attached hydrogens (tertiary/aromatic N) is 3. The summed E-state index contributed by atoms with van der Waals surface area (Å²) in [6.07, 6.45) is 1.63. The van der Waals surface area contributed by atoms with Crippen molar-refractivity contribution in [3.8, 4) is 0 Å². The van der Waals surface area contributed by atoms with E-state index in [9.17, 15) is 0 Å². The van der Waals surface area contributed by atoms with E-state index in [2.05, 4.69) is 19.9 Å². The molecule has 1 aromatic carbocycles. The minimum absolute atomic E-state index is 0.553. The Morgan fingerprint density at radius 2 is 2.15 bits per heavy atom. The lowest BCUT2D eigenvalue weighted by Gasteiger charge is -2.07. The van der Waals surface area contributed by atoms with Crippen molar-refractivity contribution in [3.05, 3.63) is 45.6 Å². The Kier molecular flexibility index (Phi) is 4.24. The SMILES string of the molecule is ClCCc1nc2c(Cl)cccc2n1CCc1cscn1. The number of alkyl halides is 1. The molecule has 6 heteroatoms. The molecular weight excluding hydrogens is 313 g/mol. The van der Waals surface area contributed by atoms with Gasteiger partial charge in [-0.1, -0.05) is 17.7 Å². The molecule has 0 atom stereocenters. The zero-order valence-electron chi connectivity index (χ0n) is 10.7. The maximum atomic E-state index is 6.22. The lowest BCUT2D eigenvalue weighted by molar-refractivity contribution is 0.668. The van der Waals surface area contributed by atoms with Gasteiger partial charge in [0.25, 0.3) is 0 Å². The number of aromatic nitrogens is 3. The lowest BCUT2D eigenvalue weighted by atomic mass is 10.3. The first kappa shape index (κ1) is 13.9. The highest BCUT2D eigenvalue weighted by atomic mass is 35.5. The maximum Gasteiger partial charge on any atom is 0.111 e. The van der Waals surface area contributed by atoms with Crippen molar-refractivity contribution in [2.24, 2.45) is 0 Å². The molecule has 0 radical (unpaired) electrons. The molecule has 0 aliphatic heterocycles. The summed E-state index contributed by atoms with van der Waals surface area (Å²) < 4.78 is 2.20. The molecule has 2 aromatic heterocycles. The quantitative estimate of drug-likeness (QED) is 0.659. The van der Waals surface area contributed by atoms with Gasteiger partial charge < -0.3 is 4.57 Å². The first-order valence-corrected chi connectivity index (χ1v) is 8.22. The van der Waals surface area contributed by atoms with Crippen LogP contribution in [0, 0.1) is 0 Å². The van der Waals surface area contributed by atoms with Crippen molar-refractivity contribution < 1.29 is 0 Å². The van der Waals surface area contributed by atoms with Crippen molar-refractivity contribution in [2.75, 3.05) is 5.88 Å². The molecule has 104 valence electrons. The van der Waals surface area contributed by atoms with Gasteiger partial charge in [-0.05, 0) is 12.1 Å². The molecule has 0 saturated carbocycles. The Labute approximate surface area is 131 Å². The predicted octanol–water partition coefficient (Wildman–Crippen LogP) is 4.17. The summed E-state index contributed by atoms with van der Waals surface area (Å²) >= 11 is 13.7. The fraction of sp³-hybridized carbons (Fsp3) is 0.286. The number of thiazole rings is 1. The van der Waals surface area contributed by atoms with E-state index in [1.54, 1.807) is 11.3 Å². The van der Waals surface area contributed by atoms with Gasteiger partial charge in [-0.3, -0.25) is 0 Å². The van der Waals surface area contributed by atoms with Gasteiger partial charge >= 0.3 is 0 Å². The molecular formula is C14H13Cl2N3S. The van der Waals surface area contributed by atoms with Crippen molar-refractivity contribution in [2.45, 2.75) is 19.4 Å². The van der Waals surface area contributed by atoms with E-state index in [1.165, 1.54) is 0 Å². The van der Waals surface area contributed by atoms with Crippen LogP contribution in [0.1, 0.15) is 11.5 Å². The zero-order chi connectivity index (χ0) is 13.9. The van der Waals surface area contributed by atoms with Crippen LogP contribution in [0.15, 0.2) is 29.1 Å². The molecule has 2 heterocycles. The molecule has 0 unspecified atom stereocenters. The first-order chi connectivity index (χ1) is 9.79. The molecule has 0 amide bonds. The molecule has 0 spiro atoms. The zero-order valence-corrected chi connectivity index (χ0v) is 13.0. The number of hydrogen-bond donors (Lipinski definition) is 0. The number of fused-ring (bicyclic) bond motifs is 1. The van der Waals surface area contributed by atoms with E-state index in [4.69, 9.17) is 23.2 Å². The second-order valence-corrected chi connectivity index (χ2v) is 5.96. The fourth-order valence-electron chi connectivity index (χ4n) is 2.27. The van der Waals surface area contributed by atoms with Gasteiger partial charge in [-0.2, -0.15) is 0 Å². The molecule has 0 aliphatic carbocycles. The van der Waals surface area contributed by atoms with Crippen LogP contribution in [0.4, 0.5) is 0 Å². The van der Waals surface area contributed by atoms with Gasteiger partial charge in [-0.15, -0.1) is 22.9 Å². The largest absolute Gasteiger partial charge is 0.328 e. The number of hydrogen-bond acceptors (Lipinski definition) is 3. The van der Waals surface area contributed by atoms with E-state index < -0.39 is 0 Å². The number of benzene rings is 1. The summed E-state index contributed by atoms with van der Waals surface area (Å²) in [6.45, 7) is 0.840. The van der Waals surface area contributed by atoms with Crippen LogP contribution in [0.3, 0.4) is 0 Å². The van der Waals surface area contributed by atoms with Crippen LogP contribution < -0.4 is 0 Å². The average molecular weight is 326 g/mol. The van der Waals surface area contributed by atoms with Crippen LogP contribution >= 0.6 is 34.5 Å². The Hall–Kier alpha value is -1.10. The van der Waals surface area contributed by atoms with Gasteiger partial charge in [-0.25, -0.2) is 9.97 Å². The normalized spacial score (nSPS) is 11.3. The summed E-state index contributed by atoms with van der Waals surface area (Å²) in [5.74, 6) is 1.54. The summed E-state index contributed by atoms with van der Waals surface area (Å²) in [5, 5.41) is 2.76. The summed E-state index contributed by atoms with van der Waals surface area (Å²) in [4.78, 5) is 8.95. The van der Waals surface area contributed by atoms with Crippen molar-refractivity contribution in [1.82, 2.24) is 14.5 Å². The topological polar surface area (TPSA) is 30.7 Å². The Bertz CT molecular complexity index is 707. The van der Waals surface area contributed by atoms with E-state index in [1.807, 2.05) is 23.7 Å². The third-order valence-electron chi connectivity index (χ3n) is 3.20. The molecule has 0 saturated heterocycles. The van der Waals surface area contributed by atoms with Crippen LogP contribution in [-0.4, -0.2) is 20.4 Å². The molecule has 20 heavy (non-hydrogen) atoms. The van der Waals surface area contributed by atoms with Crippen LogP contribution in [-0.2, 0) is 19.4 Å². The number of aryl methyl sites for hydroxylation is 3. The number of para-hydroxylation sites is 1. The lowest BCUT2D eigenvalue weighted by Crippen LogP contribution is -2.07. The Morgan fingerprint density at radius 3 is 2.90 bits per heavy atom. The number of halogens is 2. The third-order valence-corrected chi connectivity index (χ3v) is 4.33.